The Morgan fingerprint density at radius 3 is 2.17 bits per heavy atom. The number of amides is 2. The van der Waals surface area contributed by atoms with Crippen LogP contribution in [0, 0.1) is 5.92 Å². The second kappa shape index (κ2) is 9.66. The number of nitrogens with one attached hydrogen (secondary N) is 1. The summed E-state index contributed by atoms with van der Waals surface area (Å²) in [7, 11) is -3.34. The summed E-state index contributed by atoms with van der Waals surface area (Å²) >= 11 is 0. The summed E-state index contributed by atoms with van der Waals surface area (Å²) in [6, 6.07) is 22.9. The van der Waals surface area contributed by atoms with Crippen molar-refractivity contribution in [2.75, 3.05) is 10.7 Å². The molecule has 6 nitrogen and oxygen atoms in total. The Bertz CT molecular complexity index is 1330. The van der Waals surface area contributed by atoms with E-state index >= 15 is 0 Å². The van der Waals surface area contributed by atoms with Gasteiger partial charge in [0.15, 0.2) is 9.84 Å². The molecule has 3 aromatic rings. The van der Waals surface area contributed by atoms with Crippen LogP contribution in [0.5, 0.6) is 0 Å². The van der Waals surface area contributed by atoms with Crippen LogP contribution in [0.2, 0.25) is 0 Å². The summed E-state index contributed by atoms with van der Waals surface area (Å²) in [5.74, 6) is -0.0835. The lowest BCUT2D eigenvalue weighted by atomic mass is 9.94. The van der Waals surface area contributed by atoms with Crippen LogP contribution in [-0.4, -0.2) is 26.0 Å². The van der Waals surface area contributed by atoms with E-state index in [1.54, 1.807) is 48.5 Å². The molecule has 1 saturated carbocycles. The third kappa shape index (κ3) is 5.80. The molecule has 1 fully saturated rings. The van der Waals surface area contributed by atoms with E-state index in [2.05, 4.69) is 5.32 Å². The van der Waals surface area contributed by atoms with Gasteiger partial charge in [-0.2, -0.15) is 0 Å². The minimum Gasteiger partial charge on any atom is -0.343 e. The van der Waals surface area contributed by atoms with Crippen LogP contribution in [0.1, 0.15) is 49.5 Å². The fraction of sp³-hybridized carbons (Fsp3) is 0.286. The number of benzene rings is 3. The van der Waals surface area contributed by atoms with Crippen LogP contribution in [0.4, 0.5) is 11.4 Å². The van der Waals surface area contributed by atoms with E-state index in [0.717, 1.165) is 18.4 Å². The molecular weight excluding hydrogens is 460 g/mol. The van der Waals surface area contributed by atoms with Crippen LogP contribution < -0.4 is 10.2 Å². The van der Waals surface area contributed by atoms with Crippen LogP contribution in [-0.2, 0) is 20.2 Å². The number of rotatable bonds is 8. The van der Waals surface area contributed by atoms with E-state index in [-0.39, 0.29) is 28.4 Å². The van der Waals surface area contributed by atoms with Gasteiger partial charge in [0.25, 0.3) is 5.91 Å². The predicted octanol–water partition coefficient (Wildman–Crippen LogP) is 5.22. The molecular formula is C28H30N2O4S. The largest absolute Gasteiger partial charge is 0.343 e. The van der Waals surface area contributed by atoms with Crippen LogP contribution in [0.3, 0.4) is 0 Å². The molecule has 1 aliphatic rings. The topological polar surface area (TPSA) is 83.6 Å². The summed E-state index contributed by atoms with van der Waals surface area (Å²) in [5, 5.41) is 3.06. The maximum absolute atomic E-state index is 13.1. The molecule has 0 aromatic heterocycles. The van der Waals surface area contributed by atoms with Gasteiger partial charge in [-0.25, -0.2) is 8.42 Å². The summed E-state index contributed by atoms with van der Waals surface area (Å²) in [4.78, 5) is 27.4. The Morgan fingerprint density at radius 2 is 1.57 bits per heavy atom. The molecule has 0 spiro atoms. The van der Waals surface area contributed by atoms with Crippen molar-refractivity contribution in [2.24, 2.45) is 5.92 Å². The summed E-state index contributed by atoms with van der Waals surface area (Å²) < 4.78 is 25.2. The number of anilines is 2. The Kier molecular flexibility index (Phi) is 6.81. The molecule has 1 N–H and O–H groups in total. The Labute approximate surface area is 206 Å². The van der Waals surface area contributed by atoms with Crippen molar-refractivity contribution in [1.29, 1.82) is 0 Å². The van der Waals surface area contributed by atoms with Crippen molar-refractivity contribution in [3.63, 3.8) is 0 Å². The Hall–Kier alpha value is -3.45. The SMILES string of the molecule is CC(=O)N(c1ccc(S(=O)(=O)CC2CC2)cc1)c1cccc(C(=O)NC(C)(C)c2ccccc2)c1. The maximum Gasteiger partial charge on any atom is 0.252 e. The fourth-order valence-electron chi connectivity index (χ4n) is 4.08. The van der Waals surface area contributed by atoms with E-state index in [4.69, 9.17) is 0 Å². The van der Waals surface area contributed by atoms with E-state index in [9.17, 15) is 18.0 Å². The second-order valence-electron chi connectivity index (χ2n) is 9.57. The number of carbonyl (C=O) groups is 2. The highest BCUT2D eigenvalue weighted by Crippen LogP contribution is 2.33. The minimum absolute atomic E-state index is 0.166. The molecule has 0 atom stereocenters. The van der Waals surface area contributed by atoms with Gasteiger partial charge in [0.05, 0.1) is 16.2 Å². The van der Waals surface area contributed by atoms with Crippen LogP contribution in [0.15, 0.2) is 83.8 Å². The number of nitrogens with zero attached hydrogens (tertiary/aromatic N) is 1. The standard InChI is InChI=1S/C28H30N2O4S/c1-20(31)30(24-14-16-26(17-15-24)35(33,34)19-21-12-13-21)25-11-7-8-22(18-25)27(32)29-28(2,3)23-9-5-4-6-10-23/h4-11,14-18,21H,12-13,19H2,1-3H3,(H,29,32). The van der Waals surface area contributed by atoms with E-state index in [0.29, 0.717) is 16.9 Å². The first-order valence-electron chi connectivity index (χ1n) is 11.7. The van der Waals surface area contributed by atoms with Crippen molar-refractivity contribution < 1.29 is 18.0 Å². The number of sulfone groups is 1. The van der Waals surface area contributed by atoms with Crippen molar-refractivity contribution >= 4 is 33.0 Å². The van der Waals surface area contributed by atoms with Gasteiger partial charge in [-0.15, -0.1) is 0 Å². The first-order valence-corrected chi connectivity index (χ1v) is 13.3. The molecule has 0 aliphatic heterocycles. The maximum atomic E-state index is 13.1. The Morgan fingerprint density at radius 1 is 0.914 bits per heavy atom. The van der Waals surface area contributed by atoms with Crippen molar-refractivity contribution in [1.82, 2.24) is 5.32 Å². The fourth-order valence-corrected chi connectivity index (χ4v) is 5.77. The number of carbonyl (C=O) groups excluding carboxylic acids is 2. The van der Waals surface area contributed by atoms with Crippen molar-refractivity contribution in [3.8, 4) is 0 Å². The van der Waals surface area contributed by atoms with Crippen LogP contribution in [0.25, 0.3) is 0 Å². The highest BCUT2D eigenvalue weighted by molar-refractivity contribution is 7.91. The summed E-state index contributed by atoms with van der Waals surface area (Å²) in [5.41, 5.74) is 1.87. The normalized spacial score (nSPS) is 13.8. The van der Waals surface area contributed by atoms with Gasteiger partial charge in [-0.05, 0) is 80.6 Å². The highest BCUT2D eigenvalue weighted by atomic mass is 32.2. The molecule has 1 aliphatic carbocycles. The zero-order valence-corrected chi connectivity index (χ0v) is 21.0. The van der Waals surface area contributed by atoms with Gasteiger partial charge >= 0.3 is 0 Å². The van der Waals surface area contributed by atoms with Gasteiger partial charge in [0.1, 0.15) is 0 Å². The van der Waals surface area contributed by atoms with Crippen LogP contribution >= 0.6 is 0 Å². The third-order valence-corrected chi connectivity index (χ3v) is 8.11. The summed E-state index contributed by atoms with van der Waals surface area (Å²) in [6.45, 7) is 5.30. The van der Waals surface area contributed by atoms with Gasteiger partial charge in [0, 0.05) is 23.9 Å². The summed E-state index contributed by atoms with van der Waals surface area (Å²) in [6.07, 6.45) is 1.92. The van der Waals surface area contributed by atoms with Crippen molar-refractivity contribution in [2.45, 2.75) is 44.0 Å². The molecule has 0 heterocycles. The lowest BCUT2D eigenvalue weighted by Gasteiger charge is -2.27. The lowest BCUT2D eigenvalue weighted by Crippen LogP contribution is -2.41. The molecule has 7 heteroatoms. The predicted molar refractivity (Wildman–Crippen MR) is 137 cm³/mol. The quantitative estimate of drug-likeness (QED) is 0.469. The molecule has 3 aromatic carbocycles. The molecule has 35 heavy (non-hydrogen) atoms. The smallest absolute Gasteiger partial charge is 0.252 e. The van der Waals surface area contributed by atoms with E-state index in [1.165, 1.54) is 11.8 Å². The van der Waals surface area contributed by atoms with Gasteiger partial charge in [-0.3, -0.25) is 14.5 Å². The first kappa shape index (κ1) is 24.7. The van der Waals surface area contributed by atoms with Gasteiger partial charge in [-0.1, -0.05) is 36.4 Å². The lowest BCUT2D eigenvalue weighted by molar-refractivity contribution is -0.115. The average molecular weight is 491 g/mol. The highest BCUT2D eigenvalue weighted by Gasteiger charge is 2.29. The first-order chi connectivity index (χ1) is 16.6. The molecule has 2 amide bonds. The van der Waals surface area contributed by atoms with Gasteiger partial charge < -0.3 is 5.32 Å². The molecule has 4 rings (SSSR count). The monoisotopic (exact) mass is 490 g/mol. The zero-order valence-electron chi connectivity index (χ0n) is 20.2. The third-order valence-electron chi connectivity index (χ3n) is 6.21. The Balaban J connectivity index is 1.57. The second-order valence-corrected chi connectivity index (χ2v) is 11.6. The average Bonchev–Trinajstić information content (AvgIpc) is 3.63. The van der Waals surface area contributed by atoms with Gasteiger partial charge in [0.2, 0.25) is 5.91 Å². The molecule has 0 unspecified atom stereocenters. The number of hydrogen-bond acceptors (Lipinski definition) is 4. The van der Waals surface area contributed by atoms with E-state index in [1.807, 2.05) is 44.2 Å². The van der Waals surface area contributed by atoms with E-state index < -0.39 is 15.4 Å². The molecule has 0 bridgehead atoms. The molecule has 182 valence electrons. The minimum atomic E-state index is -3.34. The molecule has 0 radical (unpaired) electrons. The van der Waals surface area contributed by atoms with Crippen molar-refractivity contribution in [3.05, 3.63) is 90.0 Å². The molecule has 0 saturated heterocycles. The zero-order chi connectivity index (χ0) is 25.2. The number of hydrogen-bond donors (Lipinski definition) is 1.